The van der Waals surface area contributed by atoms with Crippen LogP contribution < -0.4 is 5.32 Å². The largest absolute Gasteiger partial charge is 0.433 e. The van der Waals surface area contributed by atoms with Crippen molar-refractivity contribution in [2.24, 2.45) is 0 Å². The number of halogens is 3. The number of nitrogens with zero attached hydrogens (tertiary/aromatic N) is 1. The van der Waals surface area contributed by atoms with Crippen molar-refractivity contribution < 1.29 is 13.2 Å². The number of rotatable bonds is 3. The number of nitrogens with one attached hydrogen (secondary N) is 1. The topological polar surface area (TPSA) is 24.9 Å². The van der Waals surface area contributed by atoms with Gasteiger partial charge in [0, 0.05) is 9.75 Å². The van der Waals surface area contributed by atoms with Gasteiger partial charge in [-0.05, 0) is 38.1 Å². The molecule has 0 aliphatic heterocycles. The molecule has 6 heteroatoms. The third-order valence-corrected chi connectivity index (χ3v) is 3.81. The average molecular weight is 286 g/mol. The standard InChI is InChI=1S/C13H13F3N2S/c1-8-3-5-11(19-8)9(2)18-10-4-6-12(17-7-10)13(14,15)16/h3-7,9,18H,1-2H3. The first-order valence-corrected chi connectivity index (χ1v) is 6.54. The molecule has 0 aliphatic carbocycles. The lowest BCUT2D eigenvalue weighted by Crippen LogP contribution is -2.09. The van der Waals surface area contributed by atoms with E-state index in [-0.39, 0.29) is 6.04 Å². The Balaban J connectivity index is 2.07. The Morgan fingerprint density at radius 2 is 1.95 bits per heavy atom. The lowest BCUT2D eigenvalue weighted by Gasteiger charge is -2.14. The highest BCUT2D eigenvalue weighted by Crippen LogP contribution is 2.29. The van der Waals surface area contributed by atoms with Gasteiger partial charge in [-0.15, -0.1) is 11.3 Å². The average Bonchev–Trinajstić information content (AvgIpc) is 2.75. The predicted molar refractivity (Wildman–Crippen MR) is 70.3 cm³/mol. The molecule has 19 heavy (non-hydrogen) atoms. The van der Waals surface area contributed by atoms with Gasteiger partial charge in [-0.25, -0.2) is 4.98 Å². The van der Waals surface area contributed by atoms with Gasteiger partial charge in [0.15, 0.2) is 0 Å². The fourth-order valence-electron chi connectivity index (χ4n) is 1.65. The fraction of sp³-hybridized carbons (Fsp3) is 0.308. The SMILES string of the molecule is Cc1ccc(C(C)Nc2ccc(C(F)(F)F)nc2)s1. The second kappa shape index (κ2) is 5.21. The van der Waals surface area contributed by atoms with Crippen LogP contribution >= 0.6 is 11.3 Å². The number of aromatic nitrogens is 1. The summed E-state index contributed by atoms with van der Waals surface area (Å²) >= 11 is 1.66. The Hall–Kier alpha value is -1.56. The van der Waals surface area contributed by atoms with Crippen molar-refractivity contribution in [3.63, 3.8) is 0 Å². The van der Waals surface area contributed by atoms with Crippen LogP contribution in [0.1, 0.15) is 28.4 Å². The highest BCUT2D eigenvalue weighted by Gasteiger charge is 2.32. The molecule has 0 saturated carbocycles. The van der Waals surface area contributed by atoms with Gasteiger partial charge in [-0.1, -0.05) is 0 Å². The first-order valence-electron chi connectivity index (χ1n) is 5.72. The summed E-state index contributed by atoms with van der Waals surface area (Å²) in [5.41, 5.74) is -0.302. The number of hydrogen-bond acceptors (Lipinski definition) is 3. The third-order valence-electron chi connectivity index (χ3n) is 2.63. The van der Waals surface area contributed by atoms with E-state index in [1.165, 1.54) is 17.1 Å². The lowest BCUT2D eigenvalue weighted by atomic mass is 10.2. The van der Waals surface area contributed by atoms with E-state index in [0.717, 1.165) is 10.9 Å². The smallest absolute Gasteiger partial charge is 0.376 e. The van der Waals surface area contributed by atoms with E-state index < -0.39 is 11.9 Å². The quantitative estimate of drug-likeness (QED) is 0.888. The zero-order valence-electron chi connectivity index (χ0n) is 10.5. The summed E-state index contributed by atoms with van der Waals surface area (Å²) in [4.78, 5) is 5.76. The second-order valence-electron chi connectivity index (χ2n) is 4.24. The van der Waals surface area contributed by atoms with E-state index in [9.17, 15) is 13.2 Å². The summed E-state index contributed by atoms with van der Waals surface area (Å²) in [6.45, 7) is 3.98. The zero-order valence-corrected chi connectivity index (χ0v) is 11.3. The van der Waals surface area contributed by atoms with E-state index in [4.69, 9.17) is 0 Å². The molecule has 102 valence electrons. The second-order valence-corrected chi connectivity index (χ2v) is 5.56. The summed E-state index contributed by atoms with van der Waals surface area (Å²) in [6.07, 6.45) is -3.19. The third kappa shape index (κ3) is 3.47. The van der Waals surface area contributed by atoms with Gasteiger partial charge in [0.25, 0.3) is 0 Å². The van der Waals surface area contributed by atoms with Crippen molar-refractivity contribution in [2.75, 3.05) is 5.32 Å². The molecule has 2 nitrogen and oxygen atoms in total. The predicted octanol–water partition coefficient (Wildman–Crippen LogP) is 4.64. The molecule has 0 fully saturated rings. The van der Waals surface area contributed by atoms with Gasteiger partial charge >= 0.3 is 6.18 Å². The molecule has 2 rings (SSSR count). The van der Waals surface area contributed by atoms with Crippen molar-refractivity contribution >= 4 is 17.0 Å². The zero-order chi connectivity index (χ0) is 14.0. The van der Waals surface area contributed by atoms with Crippen LogP contribution in [0.5, 0.6) is 0 Å². The van der Waals surface area contributed by atoms with Crippen LogP contribution in [0, 0.1) is 6.92 Å². The van der Waals surface area contributed by atoms with Crippen LogP contribution in [-0.2, 0) is 6.18 Å². The van der Waals surface area contributed by atoms with Crippen LogP contribution in [0.15, 0.2) is 30.5 Å². The molecule has 0 radical (unpaired) electrons. The number of anilines is 1. The summed E-state index contributed by atoms with van der Waals surface area (Å²) < 4.78 is 37.1. The molecule has 0 bridgehead atoms. The van der Waals surface area contributed by atoms with Crippen molar-refractivity contribution in [3.8, 4) is 0 Å². The van der Waals surface area contributed by atoms with Crippen molar-refractivity contribution in [2.45, 2.75) is 26.1 Å². The summed E-state index contributed by atoms with van der Waals surface area (Å²) in [5.74, 6) is 0. The molecule has 1 unspecified atom stereocenters. The molecule has 1 N–H and O–H groups in total. The van der Waals surface area contributed by atoms with Crippen LogP contribution in [-0.4, -0.2) is 4.98 Å². The molecule has 0 aromatic carbocycles. The number of pyridine rings is 1. The van der Waals surface area contributed by atoms with Crippen molar-refractivity contribution in [3.05, 3.63) is 45.9 Å². The molecule has 2 aromatic rings. The Labute approximate surface area is 113 Å². The Bertz CT molecular complexity index is 546. The first-order chi connectivity index (χ1) is 8.86. The minimum absolute atomic E-state index is 0.0391. The molecule has 0 aliphatic rings. The summed E-state index contributed by atoms with van der Waals surface area (Å²) in [5, 5.41) is 3.13. The highest BCUT2D eigenvalue weighted by atomic mass is 32.1. The minimum atomic E-state index is -4.39. The van der Waals surface area contributed by atoms with Gasteiger partial charge < -0.3 is 5.32 Å². The molecular formula is C13H13F3N2S. The highest BCUT2D eigenvalue weighted by molar-refractivity contribution is 7.12. The van der Waals surface area contributed by atoms with E-state index in [0.29, 0.717) is 5.69 Å². The summed E-state index contributed by atoms with van der Waals surface area (Å²) in [7, 11) is 0. The Morgan fingerprint density at radius 1 is 1.21 bits per heavy atom. The molecule has 0 saturated heterocycles. The fourth-order valence-corrected chi connectivity index (χ4v) is 2.53. The van der Waals surface area contributed by atoms with E-state index >= 15 is 0 Å². The minimum Gasteiger partial charge on any atom is -0.376 e. The normalized spacial score (nSPS) is 13.3. The van der Waals surface area contributed by atoms with Crippen LogP contribution in [0.2, 0.25) is 0 Å². The van der Waals surface area contributed by atoms with Crippen LogP contribution in [0.4, 0.5) is 18.9 Å². The maximum atomic E-state index is 12.4. The number of thiophene rings is 1. The lowest BCUT2D eigenvalue weighted by molar-refractivity contribution is -0.141. The van der Waals surface area contributed by atoms with Gasteiger partial charge in [0.2, 0.25) is 0 Å². The van der Waals surface area contributed by atoms with Crippen molar-refractivity contribution in [1.29, 1.82) is 0 Å². The maximum absolute atomic E-state index is 12.4. The Morgan fingerprint density at radius 3 is 2.42 bits per heavy atom. The molecule has 0 spiro atoms. The van der Waals surface area contributed by atoms with Gasteiger partial charge in [-0.2, -0.15) is 13.2 Å². The van der Waals surface area contributed by atoms with Crippen molar-refractivity contribution in [1.82, 2.24) is 4.98 Å². The number of hydrogen-bond donors (Lipinski definition) is 1. The van der Waals surface area contributed by atoms with E-state index in [1.807, 2.05) is 26.0 Å². The van der Waals surface area contributed by atoms with E-state index in [1.54, 1.807) is 11.3 Å². The van der Waals surface area contributed by atoms with Gasteiger partial charge in [-0.3, -0.25) is 0 Å². The molecule has 0 amide bonds. The molecular weight excluding hydrogens is 273 g/mol. The number of alkyl halides is 3. The van der Waals surface area contributed by atoms with Crippen LogP contribution in [0.3, 0.4) is 0 Å². The van der Waals surface area contributed by atoms with Gasteiger partial charge in [0.05, 0.1) is 17.9 Å². The van der Waals surface area contributed by atoms with Gasteiger partial charge in [0.1, 0.15) is 5.69 Å². The van der Waals surface area contributed by atoms with Crippen LogP contribution in [0.25, 0.3) is 0 Å². The summed E-state index contributed by atoms with van der Waals surface area (Å²) in [6, 6.07) is 6.44. The Kier molecular flexibility index (Phi) is 3.80. The maximum Gasteiger partial charge on any atom is 0.433 e. The first kappa shape index (κ1) is 13.9. The molecule has 1 atom stereocenters. The molecule has 2 aromatic heterocycles. The van der Waals surface area contributed by atoms with E-state index in [2.05, 4.69) is 10.3 Å². The number of aryl methyl sites for hydroxylation is 1. The monoisotopic (exact) mass is 286 g/mol. The molecule has 2 heterocycles.